The van der Waals surface area contributed by atoms with E-state index in [4.69, 9.17) is 25.1 Å². The van der Waals surface area contributed by atoms with Crippen LogP contribution in [0.5, 0.6) is 11.5 Å². The summed E-state index contributed by atoms with van der Waals surface area (Å²) in [7, 11) is 0. The summed E-state index contributed by atoms with van der Waals surface area (Å²) in [6.07, 6.45) is 2.21. The summed E-state index contributed by atoms with van der Waals surface area (Å²) >= 11 is 1.50. The third kappa shape index (κ3) is 14.1. The molecule has 59 heavy (non-hydrogen) atoms. The summed E-state index contributed by atoms with van der Waals surface area (Å²) in [6, 6.07) is 19.3. The molecule has 6 N–H and O–H groups in total. The minimum absolute atomic E-state index is 0.0725. The van der Waals surface area contributed by atoms with Gasteiger partial charge in [-0.25, -0.2) is 9.78 Å². The van der Waals surface area contributed by atoms with E-state index >= 15 is 0 Å². The fourth-order valence-electron chi connectivity index (χ4n) is 5.87. The van der Waals surface area contributed by atoms with Crippen LogP contribution in [0.1, 0.15) is 76.9 Å². The average molecular weight is 839 g/mol. The standard InChI is InChI=1S/C39H44N6O6S.C2HF3O2/c40-33(21-30-24-52-25-42-30)38(48)41-18-4-2-1-3-5-19-50-32-15-11-29(12-16-32)43-37(47)27-8-6-26(7-9-27)22-45(31-13-14-31)39(49)28-10-17-34-35(20-28)51-23-36(46)44-34;3-2(4,5)1(6)7/h6-12,15-17,20,24-25,31,33H,1-5,13-14,18-19,21-23,40H2,(H,41,48)(H,43,47)(H,44,46);(H,6,7)/t33-;/m0./s1. The molecule has 1 saturated carbocycles. The monoisotopic (exact) mass is 838 g/mol. The molecule has 4 amide bonds. The van der Waals surface area contributed by atoms with Crippen molar-refractivity contribution < 1.29 is 51.7 Å². The van der Waals surface area contributed by atoms with Gasteiger partial charge in [-0.15, -0.1) is 11.3 Å². The van der Waals surface area contributed by atoms with E-state index in [0.29, 0.717) is 54.4 Å². The Morgan fingerprint density at radius 1 is 0.983 bits per heavy atom. The van der Waals surface area contributed by atoms with Crippen molar-refractivity contribution in [2.45, 2.75) is 76.2 Å². The first-order valence-electron chi connectivity index (χ1n) is 19.0. The van der Waals surface area contributed by atoms with Gasteiger partial charge in [-0.3, -0.25) is 19.2 Å². The molecule has 1 aliphatic heterocycles. The highest BCUT2D eigenvalue weighted by Gasteiger charge is 2.38. The number of halogens is 3. The van der Waals surface area contributed by atoms with E-state index in [1.54, 1.807) is 35.8 Å². The number of fused-ring (bicyclic) bond motifs is 1. The lowest BCUT2D eigenvalue weighted by atomic mass is 10.1. The highest BCUT2D eigenvalue weighted by atomic mass is 32.1. The highest BCUT2D eigenvalue weighted by molar-refractivity contribution is 7.07. The fraction of sp³-hybridized carbons (Fsp3) is 0.366. The number of amides is 4. The Bertz CT molecular complexity index is 2050. The number of hydrogen-bond donors (Lipinski definition) is 5. The maximum absolute atomic E-state index is 13.5. The van der Waals surface area contributed by atoms with Gasteiger partial charge >= 0.3 is 12.1 Å². The Hall–Kier alpha value is -6.01. The van der Waals surface area contributed by atoms with Gasteiger partial charge in [0.2, 0.25) is 5.91 Å². The zero-order valence-electron chi connectivity index (χ0n) is 32.0. The Balaban J connectivity index is 0.000000867. The number of rotatable bonds is 18. The lowest BCUT2D eigenvalue weighted by Crippen LogP contribution is -2.42. The average Bonchev–Trinajstić information content (AvgIpc) is 3.93. The zero-order valence-corrected chi connectivity index (χ0v) is 32.8. The van der Waals surface area contributed by atoms with E-state index in [-0.39, 0.29) is 36.3 Å². The van der Waals surface area contributed by atoms with Crippen LogP contribution >= 0.6 is 11.3 Å². The van der Waals surface area contributed by atoms with Gasteiger partial charge in [-0.1, -0.05) is 31.4 Å². The highest BCUT2D eigenvalue weighted by Crippen LogP contribution is 2.33. The number of carbonyl (C=O) groups is 5. The molecule has 0 unspecified atom stereocenters. The molecule has 0 spiro atoms. The number of unbranched alkanes of at least 4 members (excludes halogenated alkanes) is 4. The predicted molar refractivity (Wildman–Crippen MR) is 213 cm³/mol. The van der Waals surface area contributed by atoms with Crippen molar-refractivity contribution in [1.82, 2.24) is 15.2 Å². The van der Waals surface area contributed by atoms with E-state index in [9.17, 15) is 32.3 Å². The number of aliphatic carboxylic acids is 1. The van der Waals surface area contributed by atoms with Gasteiger partial charge in [0.15, 0.2) is 6.61 Å². The molecular weight excluding hydrogens is 794 g/mol. The van der Waals surface area contributed by atoms with Crippen molar-refractivity contribution in [3.63, 3.8) is 0 Å². The number of nitrogens with zero attached hydrogens (tertiary/aromatic N) is 2. The summed E-state index contributed by atoms with van der Waals surface area (Å²) in [5, 5.41) is 17.6. The van der Waals surface area contributed by atoms with Gasteiger partial charge in [0.1, 0.15) is 11.5 Å². The number of benzene rings is 3. The van der Waals surface area contributed by atoms with Crippen molar-refractivity contribution in [3.05, 3.63) is 100 Å². The quantitative estimate of drug-likeness (QED) is 0.0721. The van der Waals surface area contributed by atoms with Gasteiger partial charge in [0.25, 0.3) is 17.7 Å². The van der Waals surface area contributed by atoms with Crippen LogP contribution in [-0.4, -0.2) is 82.6 Å². The van der Waals surface area contributed by atoms with E-state index in [1.807, 2.05) is 46.7 Å². The van der Waals surface area contributed by atoms with Crippen molar-refractivity contribution >= 4 is 52.3 Å². The van der Waals surface area contributed by atoms with Gasteiger partial charge in [-0.05, 0) is 85.8 Å². The molecule has 1 aliphatic carbocycles. The maximum Gasteiger partial charge on any atom is 0.490 e. The van der Waals surface area contributed by atoms with Crippen LogP contribution in [0.3, 0.4) is 0 Å². The van der Waals surface area contributed by atoms with E-state index in [0.717, 1.165) is 62.0 Å². The number of anilines is 2. The normalized spacial score (nSPS) is 13.7. The Morgan fingerprint density at radius 3 is 2.32 bits per heavy atom. The van der Waals surface area contributed by atoms with Gasteiger partial charge < -0.3 is 41.2 Å². The summed E-state index contributed by atoms with van der Waals surface area (Å²) in [4.78, 5) is 65.1. The second-order valence-corrected chi connectivity index (χ2v) is 14.6. The molecule has 2 heterocycles. The summed E-state index contributed by atoms with van der Waals surface area (Å²) in [6.45, 7) is 1.57. The SMILES string of the molecule is N[C@@H](Cc1cscn1)C(=O)NCCCCCCCOc1ccc(NC(=O)c2ccc(CN(C(=O)c3ccc4c(c3)OCC(=O)N4)C3CC3)cc2)cc1.O=C(O)C(F)(F)F. The summed E-state index contributed by atoms with van der Waals surface area (Å²) in [5.74, 6) is -2.21. The molecule has 314 valence electrons. The lowest BCUT2D eigenvalue weighted by Gasteiger charge is -2.24. The minimum atomic E-state index is -5.08. The van der Waals surface area contributed by atoms with Crippen molar-refractivity contribution in [3.8, 4) is 11.5 Å². The number of alkyl halides is 3. The van der Waals surface area contributed by atoms with Crippen LogP contribution in [0.15, 0.2) is 77.6 Å². The molecule has 18 heteroatoms. The largest absolute Gasteiger partial charge is 0.494 e. The number of thiazole rings is 1. The van der Waals surface area contributed by atoms with Crippen molar-refractivity contribution in [2.75, 3.05) is 30.4 Å². The number of hydrogen-bond acceptors (Lipinski definition) is 10. The van der Waals surface area contributed by atoms with Crippen LogP contribution in [0.4, 0.5) is 24.5 Å². The zero-order chi connectivity index (χ0) is 42.4. The molecule has 1 atom stereocenters. The Morgan fingerprint density at radius 2 is 1.66 bits per heavy atom. The number of carboxylic acids is 1. The Kier molecular flexibility index (Phi) is 15.8. The van der Waals surface area contributed by atoms with Crippen LogP contribution < -0.4 is 31.2 Å². The lowest BCUT2D eigenvalue weighted by molar-refractivity contribution is -0.192. The second kappa shape index (κ2) is 21.1. The smallest absolute Gasteiger partial charge is 0.490 e. The molecule has 4 aromatic rings. The predicted octanol–water partition coefficient (Wildman–Crippen LogP) is 6.18. The summed E-state index contributed by atoms with van der Waals surface area (Å²) in [5.41, 5.74) is 11.7. The number of nitrogens with one attached hydrogen (secondary N) is 3. The first kappa shape index (κ1) is 44.1. The number of aromatic nitrogens is 1. The molecule has 0 bridgehead atoms. The Labute approximate surface area is 342 Å². The minimum Gasteiger partial charge on any atom is -0.494 e. The van der Waals surface area contributed by atoms with E-state index in [2.05, 4.69) is 20.9 Å². The summed E-state index contributed by atoms with van der Waals surface area (Å²) < 4.78 is 43.1. The molecule has 3 aromatic carbocycles. The number of carboxylic acid groups (broad SMARTS) is 1. The first-order chi connectivity index (χ1) is 28.3. The van der Waals surface area contributed by atoms with Crippen molar-refractivity contribution in [2.24, 2.45) is 5.73 Å². The van der Waals surface area contributed by atoms with E-state index in [1.165, 1.54) is 11.3 Å². The maximum atomic E-state index is 13.5. The van der Waals surface area contributed by atoms with Gasteiger partial charge in [0, 0.05) is 47.7 Å². The van der Waals surface area contributed by atoms with Crippen LogP contribution in [-0.2, 0) is 27.3 Å². The molecule has 2 aliphatic rings. The molecule has 6 rings (SSSR count). The van der Waals surface area contributed by atoms with Gasteiger partial charge in [0.05, 0.1) is 29.5 Å². The molecule has 14 nitrogen and oxygen atoms in total. The van der Waals surface area contributed by atoms with Crippen LogP contribution in [0, 0.1) is 0 Å². The number of ether oxygens (including phenoxy) is 2. The third-order valence-corrected chi connectivity index (χ3v) is 9.81. The van der Waals surface area contributed by atoms with Gasteiger partial charge in [-0.2, -0.15) is 13.2 Å². The van der Waals surface area contributed by atoms with E-state index < -0.39 is 18.2 Å². The molecule has 0 saturated heterocycles. The topological polar surface area (TPSA) is 202 Å². The van der Waals surface area contributed by atoms with Crippen LogP contribution in [0.2, 0.25) is 0 Å². The molecule has 1 aromatic heterocycles. The number of carbonyl (C=O) groups excluding carboxylic acids is 4. The number of nitrogens with two attached hydrogens (primary N) is 1. The third-order valence-electron chi connectivity index (χ3n) is 9.17. The fourth-order valence-corrected chi connectivity index (χ4v) is 6.44. The first-order valence-corrected chi connectivity index (χ1v) is 19.9. The van der Waals surface area contributed by atoms with Crippen molar-refractivity contribution in [1.29, 1.82) is 0 Å². The molecule has 0 radical (unpaired) electrons. The molecular formula is C41H45F3N6O8S. The van der Waals surface area contributed by atoms with Crippen LogP contribution in [0.25, 0.3) is 0 Å². The molecule has 1 fully saturated rings. The second-order valence-electron chi connectivity index (χ2n) is 13.9.